The van der Waals surface area contributed by atoms with E-state index in [1.807, 2.05) is 116 Å². The number of likely N-dealkylation sites (N-methyl/N-ethyl adjacent to an activating group) is 1. The summed E-state index contributed by atoms with van der Waals surface area (Å²) in [5.74, 6) is -0.930. The van der Waals surface area contributed by atoms with Gasteiger partial charge < -0.3 is 26.2 Å². The van der Waals surface area contributed by atoms with Gasteiger partial charge in [-0.2, -0.15) is 0 Å². The fraction of sp³-hybridized carbons (Fsp3) is 0.325. The minimum atomic E-state index is -1.19. The first-order valence-electron chi connectivity index (χ1n) is 17.2. The Balaban J connectivity index is 1.22. The van der Waals surface area contributed by atoms with Gasteiger partial charge in [-0.25, -0.2) is 9.59 Å². The van der Waals surface area contributed by atoms with E-state index in [2.05, 4.69) is 10.6 Å². The molecule has 10 nitrogen and oxygen atoms in total. The van der Waals surface area contributed by atoms with Crippen LogP contribution in [0.15, 0.2) is 109 Å². The van der Waals surface area contributed by atoms with Gasteiger partial charge in [0.05, 0.1) is 12.7 Å². The van der Waals surface area contributed by atoms with Gasteiger partial charge in [0.25, 0.3) is 0 Å². The van der Waals surface area contributed by atoms with Gasteiger partial charge in [0.15, 0.2) is 0 Å². The lowest BCUT2D eigenvalue weighted by Crippen LogP contribution is -2.48. The average molecular weight is 678 g/mol. The van der Waals surface area contributed by atoms with Crippen LogP contribution in [0.4, 0.5) is 21.0 Å². The molecule has 10 heteroatoms. The number of carbonyl (C=O) groups excluding carboxylic acids is 2. The number of rotatable bonds is 14. The molecule has 0 aliphatic carbocycles. The Kier molecular flexibility index (Phi) is 12.6. The van der Waals surface area contributed by atoms with E-state index in [1.54, 1.807) is 4.90 Å². The normalized spacial score (nSPS) is 16.4. The molecule has 1 saturated heterocycles. The van der Waals surface area contributed by atoms with Crippen LogP contribution in [0.25, 0.3) is 0 Å². The Morgan fingerprint density at radius 2 is 1.44 bits per heavy atom. The molecule has 1 fully saturated rings. The number of nitrogens with one attached hydrogen (secondary N) is 2. The van der Waals surface area contributed by atoms with Gasteiger partial charge in [-0.1, -0.05) is 97.1 Å². The van der Waals surface area contributed by atoms with Crippen molar-refractivity contribution in [3.8, 4) is 0 Å². The molecule has 4 amide bonds. The van der Waals surface area contributed by atoms with Crippen LogP contribution in [0.2, 0.25) is 0 Å². The van der Waals surface area contributed by atoms with Crippen LogP contribution < -0.4 is 21.3 Å². The molecule has 1 aliphatic heterocycles. The molecule has 1 heterocycles. The molecule has 5 N–H and O–H groups in total. The molecular weight excluding hydrogens is 630 g/mol. The minimum Gasteiger partial charge on any atom is -0.465 e. The van der Waals surface area contributed by atoms with Crippen molar-refractivity contribution < 1.29 is 24.2 Å². The van der Waals surface area contributed by atoms with Crippen molar-refractivity contribution in [2.24, 2.45) is 5.73 Å². The van der Waals surface area contributed by atoms with E-state index >= 15 is 0 Å². The minimum absolute atomic E-state index is 0.000766. The van der Waals surface area contributed by atoms with Crippen LogP contribution in [-0.4, -0.2) is 73.0 Å². The molecule has 3 atom stereocenters. The molecule has 0 aromatic heterocycles. The van der Waals surface area contributed by atoms with E-state index in [-0.39, 0.29) is 12.1 Å². The smallest absolute Gasteiger partial charge is 0.407 e. The second-order valence-electron chi connectivity index (χ2n) is 12.6. The number of anilines is 2. The fourth-order valence-electron chi connectivity index (χ4n) is 6.73. The van der Waals surface area contributed by atoms with E-state index in [1.165, 1.54) is 7.05 Å². The summed E-state index contributed by atoms with van der Waals surface area (Å²) in [6, 6.07) is 33.3. The largest absolute Gasteiger partial charge is 0.465 e. The molecule has 262 valence electrons. The average Bonchev–Trinajstić information content (AvgIpc) is 3.14. The van der Waals surface area contributed by atoms with Crippen LogP contribution in [0.5, 0.6) is 0 Å². The first-order valence-corrected chi connectivity index (χ1v) is 17.2. The Morgan fingerprint density at radius 3 is 2.02 bits per heavy atom. The summed E-state index contributed by atoms with van der Waals surface area (Å²) < 4.78 is 6.28. The second-order valence-corrected chi connectivity index (χ2v) is 12.6. The monoisotopic (exact) mass is 677 g/mol. The molecule has 1 aliphatic rings. The van der Waals surface area contributed by atoms with Crippen LogP contribution >= 0.6 is 0 Å². The van der Waals surface area contributed by atoms with Crippen LogP contribution in [-0.2, 0) is 22.4 Å². The Morgan fingerprint density at radius 1 is 0.860 bits per heavy atom. The summed E-state index contributed by atoms with van der Waals surface area (Å²) >= 11 is 0. The first kappa shape index (κ1) is 36.1. The number of nitrogens with zero attached hydrogens (tertiary/aromatic N) is 2. The predicted molar refractivity (Wildman–Crippen MR) is 197 cm³/mol. The van der Waals surface area contributed by atoms with Gasteiger partial charge in [0, 0.05) is 43.5 Å². The van der Waals surface area contributed by atoms with Crippen molar-refractivity contribution in [2.75, 3.05) is 37.0 Å². The number of benzene rings is 4. The van der Waals surface area contributed by atoms with Crippen LogP contribution in [0.3, 0.4) is 0 Å². The highest BCUT2D eigenvalue weighted by Gasteiger charge is 2.37. The first-order chi connectivity index (χ1) is 24.3. The van der Waals surface area contributed by atoms with Crippen LogP contribution in [0.1, 0.15) is 47.9 Å². The lowest BCUT2D eigenvalue weighted by atomic mass is 9.84. The highest BCUT2D eigenvalue weighted by molar-refractivity contribution is 5.98. The summed E-state index contributed by atoms with van der Waals surface area (Å²) in [7, 11) is 1.44. The Hall–Kier alpha value is -5.19. The maximum atomic E-state index is 14.1. The van der Waals surface area contributed by atoms with Crippen molar-refractivity contribution in [1.29, 1.82) is 0 Å². The SMILES string of the molecule is CCN(C(N)=O)c1ccccc1CC[C@@H]1CO[C@H](CCc2ccccc2NC(=O)[C@H](C(c2ccccc2)c2ccccc2)N(C)C(=O)O)CN1. The molecule has 50 heavy (non-hydrogen) atoms. The number of carboxylic acid groups (broad SMARTS) is 1. The number of primary amides is 1. The number of nitrogens with two attached hydrogens (primary N) is 1. The molecule has 0 spiro atoms. The number of hydrogen-bond acceptors (Lipinski definition) is 5. The van der Waals surface area contributed by atoms with Crippen molar-refractivity contribution in [2.45, 2.75) is 56.7 Å². The molecule has 5 rings (SSSR count). The maximum absolute atomic E-state index is 14.1. The van der Waals surface area contributed by atoms with E-state index in [9.17, 15) is 19.5 Å². The molecule has 4 aromatic carbocycles. The number of hydrogen-bond donors (Lipinski definition) is 4. The van der Waals surface area contributed by atoms with Crippen molar-refractivity contribution in [3.63, 3.8) is 0 Å². The van der Waals surface area contributed by atoms with Gasteiger partial charge in [-0.15, -0.1) is 0 Å². The molecule has 4 aromatic rings. The lowest BCUT2D eigenvalue weighted by Gasteiger charge is -2.33. The van der Waals surface area contributed by atoms with E-state index in [4.69, 9.17) is 10.5 Å². The number of para-hydroxylation sites is 2. The number of carbonyl (C=O) groups is 3. The maximum Gasteiger partial charge on any atom is 0.407 e. The topological polar surface area (TPSA) is 137 Å². The number of ether oxygens (including phenoxy) is 1. The van der Waals surface area contributed by atoms with Crippen molar-refractivity contribution >= 4 is 29.4 Å². The lowest BCUT2D eigenvalue weighted by molar-refractivity contribution is -0.120. The molecule has 0 radical (unpaired) electrons. The highest BCUT2D eigenvalue weighted by Crippen LogP contribution is 2.32. The van der Waals surface area contributed by atoms with E-state index < -0.39 is 30.0 Å². The van der Waals surface area contributed by atoms with Gasteiger partial charge in [0.1, 0.15) is 6.04 Å². The van der Waals surface area contributed by atoms with Crippen LogP contribution in [0, 0.1) is 0 Å². The zero-order chi connectivity index (χ0) is 35.5. The third-order valence-corrected chi connectivity index (χ3v) is 9.43. The standard InChI is InChI=1S/C40H47N5O5/c1-3-45(39(41)47)35-21-13-11-15-29(35)22-24-32-27-50-33(26-42-32)25-23-28-14-10-12-20-34(28)43-38(46)37(44(2)40(48)49)36(30-16-6-4-7-17-30)31-18-8-5-9-19-31/h4-21,32-33,36-37,42H,3,22-27H2,1-2H3,(H2,41,47)(H,43,46)(H,48,49)/t32-,33-,37+/m1/s1. The van der Waals surface area contributed by atoms with Gasteiger partial charge in [0.2, 0.25) is 5.91 Å². The zero-order valence-corrected chi connectivity index (χ0v) is 28.7. The number of urea groups is 1. The summed E-state index contributed by atoms with van der Waals surface area (Å²) in [5.41, 5.74) is 10.8. The summed E-state index contributed by atoms with van der Waals surface area (Å²) in [6.07, 6.45) is 1.86. The molecular formula is C40H47N5O5. The second kappa shape index (κ2) is 17.5. The van der Waals surface area contributed by atoms with Gasteiger partial charge in [-0.3, -0.25) is 14.6 Å². The number of amides is 4. The molecule has 0 unspecified atom stereocenters. The third kappa shape index (κ3) is 9.07. The van der Waals surface area contributed by atoms with E-state index in [0.29, 0.717) is 31.8 Å². The summed E-state index contributed by atoms with van der Waals surface area (Å²) in [6.45, 7) is 3.69. The Labute approximate surface area is 294 Å². The van der Waals surface area contributed by atoms with Gasteiger partial charge >= 0.3 is 12.1 Å². The van der Waals surface area contributed by atoms with Crippen molar-refractivity contribution in [3.05, 3.63) is 131 Å². The van der Waals surface area contributed by atoms with Gasteiger partial charge in [-0.05, 0) is 67.0 Å². The quantitative estimate of drug-likeness (QED) is 0.124. The zero-order valence-electron chi connectivity index (χ0n) is 28.7. The summed E-state index contributed by atoms with van der Waals surface area (Å²) in [4.78, 5) is 41.1. The third-order valence-electron chi connectivity index (χ3n) is 9.43. The predicted octanol–water partition coefficient (Wildman–Crippen LogP) is 6.26. The van der Waals surface area contributed by atoms with Crippen molar-refractivity contribution in [1.82, 2.24) is 10.2 Å². The fourth-order valence-corrected chi connectivity index (χ4v) is 6.73. The number of aryl methyl sites for hydroxylation is 2. The van der Waals surface area contributed by atoms with E-state index in [0.717, 1.165) is 52.1 Å². The molecule has 0 bridgehead atoms. The summed E-state index contributed by atoms with van der Waals surface area (Å²) in [5, 5.41) is 16.8. The number of morpholine rings is 1. The Bertz CT molecular complexity index is 1670. The highest BCUT2D eigenvalue weighted by atomic mass is 16.5. The molecule has 0 saturated carbocycles.